The summed E-state index contributed by atoms with van der Waals surface area (Å²) in [5.74, 6) is 0.0557. The standard InChI is InChI=1S/C13H15N3OS/c14-7-13(4-1-5-13)12(17)16-9-2-3-10-11(6-9)18-8-15-10/h2-3,6,8H,1,4-5,7,14H2,(H,16,17). The molecule has 5 heteroatoms. The second-order valence-corrected chi connectivity index (χ2v) is 5.71. The molecule has 18 heavy (non-hydrogen) atoms. The highest BCUT2D eigenvalue weighted by Gasteiger charge is 2.42. The van der Waals surface area contributed by atoms with Gasteiger partial charge in [-0.15, -0.1) is 11.3 Å². The zero-order valence-corrected chi connectivity index (χ0v) is 10.8. The Morgan fingerprint density at radius 1 is 1.50 bits per heavy atom. The minimum absolute atomic E-state index is 0.0557. The number of aromatic nitrogens is 1. The van der Waals surface area contributed by atoms with Crippen LogP contribution >= 0.6 is 11.3 Å². The number of hydrogen-bond acceptors (Lipinski definition) is 4. The monoisotopic (exact) mass is 261 g/mol. The van der Waals surface area contributed by atoms with Crippen molar-refractivity contribution in [1.82, 2.24) is 4.98 Å². The van der Waals surface area contributed by atoms with Crippen LogP contribution in [0.25, 0.3) is 10.2 Å². The van der Waals surface area contributed by atoms with E-state index in [-0.39, 0.29) is 11.3 Å². The van der Waals surface area contributed by atoms with Crippen LogP contribution in [0, 0.1) is 5.41 Å². The smallest absolute Gasteiger partial charge is 0.231 e. The number of benzene rings is 1. The summed E-state index contributed by atoms with van der Waals surface area (Å²) in [6.07, 6.45) is 2.90. The van der Waals surface area contributed by atoms with E-state index in [1.165, 1.54) is 0 Å². The van der Waals surface area contributed by atoms with Crippen molar-refractivity contribution >= 4 is 33.1 Å². The van der Waals surface area contributed by atoms with Crippen LogP contribution in [0.4, 0.5) is 5.69 Å². The van der Waals surface area contributed by atoms with Gasteiger partial charge >= 0.3 is 0 Å². The average Bonchev–Trinajstić information content (AvgIpc) is 2.75. The summed E-state index contributed by atoms with van der Waals surface area (Å²) in [6.45, 7) is 0.432. The van der Waals surface area contributed by atoms with Gasteiger partial charge in [0.2, 0.25) is 5.91 Å². The second-order valence-electron chi connectivity index (χ2n) is 4.83. The van der Waals surface area contributed by atoms with E-state index in [0.717, 1.165) is 35.2 Å². The van der Waals surface area contributed by atoms with Gasteiger partial charge < -0.3 is 11.1 Å². The van der Waals surface area contributed by atoms with Crippen LogP contribution in [0.2, 0.25) is 0 Å². The molecule has 1 saturated carbocycles. The molecule has 0 unspecified atom stereocenters. The number of anilines is 1. The van der Waals surface area contributed by atoms with Gasteiger partial charge in [-0.2, -0.15) is 0 Å². The lowest BCUT2D eigenvalue weighted by Crippen LogP contribution is -2.47. The molecule has 1 heterocycles. The summed E-state index contributed by atoms with van der Waals surface area (Å²) >= 11 is 1.57. The molecule has 0 spiro atoms. The largest absolute Gasteiger partial charge is 0.329 e. The van der Waals surface area contributed by atoms with Crippen molar-refractivity contribution in [3.8, 4) is 0 Å². The fourth-order valence-electron chi connectivity index (χ4n) is 2.32. The second kappa shape index (κ2) is 4.33. The zero-order valence-electron chi connectivity index (χ0n) is 9.98. The van der Waals surface area contributed by atoms with Gasteiger partial charge in [0, 0.05) is 12.2 Å². The molecule has 1 amide bonds. The minimum atomic E-state index is -0.331. The molecule has 3 N–H and O–H groups in total. The third-order valence-electron chi connectivity index (χ3n) is 3.77. The Hall–Kier alpha value is -1.46. The maximum Gasteiger partial charge on any atom is 0.231 e. The lowest BCUT2D eigenvalue weighted by Gasteiger charge is -2.39. The molecule has 0 saturated heterocycles. The van der Waals surface area contributed by atoms with Crippen molar-refractivity contribution in [2.24, 2.45) is 11.1 Å². The van der Waals surface area contributed by atoms with Crippen LogP contribution in [-0.2, 0) is 4.79 Å². The van der Waals surface area contributed by atoms with Crippen LogP contribution in [0.5, 0.6) is 0 Å². The number of nitrogens with two attached hydrogens (primary N) is 1. The number of fused-ring (bicyclic) bond motifs is 1. The molecule has 1 aromatic heterocycles. The van der Waals surface area contributed by atoms with Gasteiger partial charge in [-0.1, -0.05) is 6.42 Å². The molecule has 0 aliphatic heterocycles. The first-order valence-corrected chi connectivity index (χ1v) is 6.96. The molecule has 4 nitrogen and oxygen atoms in total. The molecular formula is C13H15N3OS. The Labute approximate surface area is 109 Å². The summed E-state index contributed by atoms with van der Waals surface area (Å²) in [6, 6.07) is 5.79. The summed E-state index contributed by atoms with van der Waals surface area (Å²) in [4.78, 5) is 16.4. The van der Waals surface area contributed by atoms with Gasteiger partial charge in [0.25, 0.3) is 0 Å². The predicted octanol–water partition coefficient (Wildman–Crippen LogP) is 2.36. The first-order valence-electron chi connectivity index (χ1n) is 6.08. The van der Waals surface area contributed by atoms with Crippen LogP contribution < -0.4 is 11.1 Å². The van der Waals surface area contributed by atoms with E-state index in [4.69, 9.17) is 5.73 Å². The highest BCUT2D eigenvalue weighted by Crippen LogP contribution is 2.40. The van der Waals surface area contributed by atoms with Crippen molar-refractivity contribution in [1.29, 1.82) is 0 Å². The van der Waals surface area contributed by atoms with Crippen LogP contribution in [-0.4, -0.2) is 17.4 Å². The van der Waals surface area contributed by atoms with E-state index in [2.05, 4.69) is 10.3 Å². The molecule has 0 radical (unpaired) electrons. The Morgan fingerprint density at radius 2 is 2.33 bits per heavy atom. The predicted molar refractivity (Wildman–Crippen MR) is 73.6 cm³/mol. The number of carbonyl (C=O) groups is 1. The molecule has 1 fully saturated rings. The van der Waals surface area contributed by atoms with Crippen molar-refractivity contribution < 1.29 is 4.79 Å². The number of rotatable bonds is 3. The average molecular weight is 261 g/mol. The first kappa shape index (κ1) is 11.6. The maximum absolute atomic E-state index is 12.2. The SMILES string of the molecule is NCC1(C(=O)Nc2ccc3ncsc3c2)CCC1. The Bertz CT molecular complexity index is 583. The van der Waals surface area contributed by atoms with Crippen LogP contribution in [0.3, 0.4) is 0 Å². The molecule has 1 aliphatic carbocycles. The molecule has 2 aromatic rings. The fraction of sp³-hybridized carbons (Fsp3) is 0.385. The highest BCUT2D eigenvalue weighted by molar-refractivity contribution is 7.16. The lowest BCUT2D eigenvalue weighted by atomic mass is 9.68. The lowest BCUT2D eigenvalue weighted by molar-refractivity contribution is -0.129. The van der Waals surface area contributed by atoms with E-state index in [1.807, 2.05) is 23.7 Å². The van der Waals surface area contributed by atoms with E-state index in [1.54, 1.807) is 11.3 Å². The van der Waals surface area contributed by atoms with E-state index < -0.39 is 0 Å². The molecule has 1 aliphatic rings. The topological polar surface area (TPSA) is 68.0 Å². The summed E-state index contributed by atoms with van der Waals surface area (Å²) in [5, 5.41) is 2.98. The third-order valence-corrected chi connectivity index (χ3v) is 4.56. The van der Waals surface area contributed by atoms with Crippen LogP contribution in [0.1, 0.15) is 19.3 Å². The van der Waals surface area contributed by atoms with E-state index in [9.17, 15) is 4.79 Å². The third kappa shape index (κ3) is 1.79. The summed E-state index contributed by atoms with van der Waals surface area (Å²) in [7, 11) is 0. The van der Waals surface area contributed by atoms with Crippen molar-refractivity contribution in [2.75, 3.05) is 11.9 Å². The summed E-state index contributed by atoms with van der Waals surface area (Å²) in [5.41, 5.74) is 9.00. The number of nitrogens with one attached hydrogen (secondary N) is 1. The molecule has 3 rings (SSSR count). The molecule has 0 atom stereocenters. The number of thiazole rings is 1. The van der Waals surface area contributed by atoms with E-state index >= 15 is 0 Å². The van der Waals surface area contributed by atoms with Gasteiger partial charge in [-0.05, 0) is 31.0 Å². The first-order chi connectivity index (χ1) is 8.73. The van der Waals surface area contributed by atoms with Gasteiger partial charge in [-0.25, -0.2) is 4.98 Å². The number of carbonyl (C=O) groups excluding carboxylic acids is 1. The Kier molecular flexibility index (Phi) is 2.80. The van der Waals surface area contributed by atoms with E-state index in [0.29, 0.717) is 6.54 Å². The van der Waals surface area contributed by atoms with Crippen molar-refractivity contribution in [3.05, 3.63) is 23.7 Å². The van der Waals surface area contributed by atoms with Gasteiger partial charge in [0.05, 0.1) is 21.1 Å². The fourth-order valence-corrected chi connectivity index (χ4v) is 3.04. The normalized spacial score (nSPS) is 17.4. The molecular weight excluding hydrogens is 246 g/mol. The Morgan fingerprint density at radius 3 is 3.00 bits per heavy atom. The minimum Gasteiger partial charge on any atom is -0.329 e. The zero-order chi connectivity index (χ0) is 12.6. The van der Waals surface area contributed by atoms with Gasteiger partial charge in [0.1, 0.15) is 0 Å². The molecule has 0 bridgehead atoms. The molecule has 1 aromatic carbocycles. The van der Waals surface area contributed by atoms with Gasteiger partial charge in [-0.3, -0.25) is 4.79 Å². The van der Waals surface area contributed by atoms with Crippen LogP contribution in [0.15, 0.2) is 23.7 Å². The molecule has 94 valence electrons. The number of nitrogens with zero attached hydrogens (tertiary/aromatic N) is 1. The highest BCUT2D eigenvalue weighted by atomic mass is 32.1. The quantitative estimate of drug-likeness (QED) is 0.891. The van der Waals surface area contributed by atoms with Crippen molar-refractivity contribution in [3.63, 3.8) is 0 Å². The maximum atomic E-state index is 12.2. The van der Waals surface area contributed by atoms with Gasteiger partial charge in [0.15, 0.2) is 0 Å². The Balaban J connectivity index is 1.81. The number of hydrogen-bond donors (Lipinski definition) is 2. The summed E-state index contributed by atoms with van der Waals surface area (Å²) < 4.78 is 1.09. The van der Waals surface area contributed by atoms with Crippen molar-refractivity contribution in [2.45, 2.75) is 19.3 Å². The number of amides is 1.